The molecule has 0 bridgehead atoms. The van der Waals surface area contributed by atoms with Crippen LogP contribution in [0.3, 0.4) is 0 Å². The Morgan fingerprint density at radius 2 is 1.84 bits per heavy atom. The number of likely N-dealkylation sites (tertiary alicyclic amines) is 1. The van der Waals surface area contributed by atoms with Gasteiger partial charge >= 0.3 is 0 Å². The first-order chi connectivity index (χ1) is 9.35. The third kappa shape index (κ3) is 4.46. The van der Waals surface area contributed by atoms with Gasteiger partial charge in [-0.25, -0.2) is 0 Å². The SMILES string of the molecule is CCCNC1CCCCCC1CN1CCCC1CC. The molecule has 19 heavy (non-hydrogen) atoms. The van der Waals surface area contributed by atoms with Gasteiger partial charge < -0.3 is 10.2 Å². The van der Waals surface area contributed by atoms with Crippen molar-refractivity contribution in [2.24, 2.45) is 5.92 Å². The van der Waals surface area contributed by atoms with E-state index in [1.165, 1.54) is 77.4 Å². The molecule has 3 atom stereocenters. The Labute approximate surface area is 120 Å². The number of hydrogen-bond donors (Lipinski definition) is 1. The third-order valence-corrected chi connectivity index (χ3v) is 5.25. The van der Waals surface area contributed by atoms with Crippen LogP contribution in [0.25, 0.3) is 0 Å². The average molecular weight is 266 g/mol. The van der Waals surface area contributed by atoms with Crippen molar-refractivity contribution in [1.82, 2.24) is 10.2 Å². The van der Waals surface area contributed by atoms with E-state index < -0.39 is 0 Å². The van der Waals surface area contributed by atoms with Crippen molar-refractivity contribution in [3.8, 4) is 0 Å². The summed E-state index contributed by atoms with van der Waals surface area (Å²) in [6.45, 7) is 8.57. The fourth-order valence-electron chi connectivity index (χ4n) is 4.10. The van der Waals surface area contributed by atoms with Crippen molar-refractivity contribution in [3.05, 3.63) is 0 Å². The van der Waals surface area contributed by atoms with Crippen LogP contribution in [0.2, 0.25) is 0 Å². The molecule has 2 rings (SSSR count). The Bertz CT molecular complexity index is 241. The van der Waals surface area contributed by atoms with Crippen molar-refractivity contribution in [3.63, 3.8) is 0 Å². The predicted molar refractivity (Wildman–Crippen MR) is 83.5 cm³/mol. The van der Waals surface area contributed by atoms with E-state index in [9.17, 15) is 0 Å². The van der Waals surface area contributed by atoms with Crippen molar-refractivity contribution in [2.45, 2.75) is 83.7 Å². The second-order valence-corrected chi connectivity index (χ2v) is 6.66. The lowest BCUT2D eigenvalue weighted by atomic mass is 9.93. The number of nitrogens with zero attached hydrogens (tertiary/aromatic N) is 1. The maximum absolute atomic E-state index is 3.84. The van der Waals surface area contributed by atoms with E-state index in [1.807, 2.05) is 0 Å². The fourth-order valence-corrected chi connectivity index (χ4v) is 4.10. The lowest BCUT2D eigenvalue weighted by molar-refractivity contribution is 0.178. The van der Waals surface area contributed by atoms with E-state index in [2.05, 4.69) is 24.1 Å². The Kier molecular flexibility index (Phi) is 6.66. The zero-order valence-electron chi connectivity index (χ0n) is 13.2. The van der Waals surface area contributed by atoms with Crippen molar-refractivity contribution in [1.29, 1.82) is 0 Å². The second kappa shape index (κ2) is 8.26. The van der Waals surface area contributed by atoms with Gasteiger partial charge in [0.15, 0.2) is 0 Å². The van der Waals surface area contributed by atoms with Crippen molar-refractivity contribution in [2.75, 3.05) is 19.6 Å². The first kappa shape index (κ1) is 15.3. The van der Waals surface area contributed by atoms with Crippen LogP contribution in [-0.2, 0) is 0 Å². The van der Waals surface area contributed by atoms with Crippen molar-refractivity contribution < 1.29 is 0 Å². The summed E-state index contributed by atoms with van der Waals surface area (Å²) in [5, 5.41) is 3.84. The Balaban J connectivity index is 1.89. The molecule has 2 heteroatoms. The zero-order valence-corrected chi connectivity index (χ0v) is 13.2. The average Bonchev–Trinajstić information content (AvgIpc) is 2.76. The summed E-state index contributed by atoms with van der Waals surface area (Å²) in [6, 6.07) is 1.68. The number of nitrogens with one attached hydrogen (secondary N) is 1. The summed E-state index contributed by atoms with van der Waals surface area (Å²) in [4.78, 5) is 2.80. The van der Waals surface area contributed by atoms with Crippen LogP contribution in [0, 0.1) is 5.92 Å². The molecule has 0 radical (unpaired) electrons. The molecular formula is C17H34N2. The van der Waals surface area contributed by atoms with Crippen LogP contribution in [0.1, 0.15) is 71.6 Å². The van der Waals surface area contributed by atoms with Crippen LogP contribution in [-0.4, -0.2) is 36.6 Å². The first-order valence-electron chi connectivity index (χ1n) is 8.82. The third-order valence-electron chi connectivity index (χ3n) is 5.25. The number of rotatable bonds is 6. The summed E-state index contributed by atoms with van der Waals surface area (Å²) in [6.07, 6.45) is 12.7. The summed E-state index contributed by atoms with van der Waals surface area (Å²) < 4.78 is 0. The molecule has 112 valence electrons. The van der Waals surface area contributed by atoms with Gasteiger partial charge in [-0.3, -0.25) is 0 Å². The molecule has 1 N–H and O–H groups in total. The van der Waals surface area contributed by atoms with E-state index in [0.29, 0.717) is 0 Å². The molecule has 1 saturated heterocycles. The van der Waals surface area contributed by atoms with Gasteiger partial charge in [0.05, 0.1) is 0 Å². The van der Waals surface area contributed by atoms with Gasteiger partial charge in [0.25, 0.3) is 0 Å². The summed E-state index contributed by atoms with van der Waals surface area (Å²) in [7, 11) is 0. The standard InChI is InChI=1S/C17H34N2/c1-3-12-18-17-11-7-5-6-9-15(17)14-19-13-8-10-16(19)4-2/h15-18H,3-14H2,1-2H3. The molecule has 0 amide bonds. The van der Waals surface area contributed by atoms with Crippen LogP contribution in [0.15, 0.2) is 0 Å². The lowest BCUT2D eigenvalue weighted by Crippen LogP contribution is -2.43. The minimum absolute atomic E-state index is 0.792. The van der Waals surface area contributed by atoms with Crippen LogP contribution < -0.4 is 5.32 Å². The van der Waals surface area contributed by atoms with Crippen LogP contribution >= 0.6 is 0 Å². The van der Waals surface area contributed by atoms with E-state index in [1.54, 1.807) is 0 Å². The summed E-state index contributed by atoms with van der Waals surface area (Å²) >= 11 is 0. The quantitative estimate of drug-likeness (QED) is 0.736. The molecule has 2 fully saturated rings. The van der Waals surface area contributed by atoms with Gasteiger partial charge in [-0.05, 0) is 57.5 Å². The molecular weight excluding hydrogens is 232 g/mol. The largest absolute Gasteiger partial charge is 0.314 e. The topological polar surface area (TPSA) is 15.3 Å². The molecule has 3 unspecified atom stereocenters. The summed E-state index contributed by atoms with van der Waals surface area (Å²) in [5.74, 6) is 0.904. The molecule has 0 spiro atoms. The first-order valence-corrected chi connectivity index (χ1v) is 8.82. The molecule has 1 saturated carbocycles. The monoisotopic (exact) mass is 266 g/mol. The fraction of sp³-hybridized carbons (Fsp3) is 1.00. The molecule has 1 aliphatic heterocycles. The minimum Gasteiger partial charge on any atom is -0.314 e. The smallest absolute Gasteiger partial charge is 0.0107 e. The highest BCUT2D eigenvalue weighted by molar-refractivity contribution is 4.86. The molecule has 2 nitrogen and oxygen atoms in total. The maximum Gasteiger partial charge on any atom is 0.0107 e. The van der Waals surface area contributed by atoms with Crippen LogP contribution in [0.4, 0.5) is 0 Å². The zero-order chi connectivity index (χ0) is 13.5. The van der Waals surface area contributed by atoms with Crippen molar-refractivity contribution >= 4 is 0 Å². The van der Waals surface area contributed by atoms with Gasteiger partial charge in [0.1, 0.15) is 0 Å². The van der Waals surface area contributed by atoms with E-state index in [0.717, 1.165) is 18.0 Å². The van der Waals surface area contributed by atoms with Gasteiger partial charge in [-0.2, -0.15) is 0 Å². The van der Waals surface area contributed by atoms with E-state index in [-0.39, 0.29) is 0 Å². The summed E-state index contributed by atoms with van der Waals surface area (Å²) in [5.41, 5.74) is 0. The van der Waals surface area contributed by atoms with Gasteiger partial charge in [-0.1, -0.05) is 33.1 Å². The van der Waals surface area contributed by atoms with Crippen LogP contribution in [0.5, 0.6) is 0 Å². The Morgan fingerprint density at radius 1 is 1.00 bits per heavy atom. The highest BCUT2D eigenvalue weighted by Gasteiger charge is 2.29. The van der Waals surface area contributed by atoms with E-state index >= 15 is 0 Å². The second-order valence-electron chi connectivity index (χ2n) is 6.66. The molecule has 1 aliphatic carbocycles. The highest BCUT2D eigenvalue weighted by atomic mass is 15.2. The normalized spacial score (nSPS) is 33.5. The lowest BCUT2D eigenvalue weighted by Gasteiger charge is -2.33. The van der Waals surface area contributed by atoms with Gasteiger partial charge in [-0.15, -0.1) is 0 Å². The number of hydrogen-bond acceptors (Lipinski definition) is 2. The maximum atomic E-state index is 3.84. The van der Waals surface area contributed by atoms with E-state index in [4.69, 9.17) is 0 Å². The Morgan fingerprint density at radius 3 is 2.63 bits per heavy atom. The van der Waals surface area contributed by atoms with Gasteiger partial charge in [0, 0.05) is 18.6 Å². The molecule has 0 aromatic carbocycles. The Hall–Kier alpha value is -0.0800. The molecule has 1 heterocycles. The minimum atomic E-state index is 0.792. The molecule has 2 aliphatic rings. The van der Waals surface area contributed by atoms with Gasteiger partial charge in [0.2, 0.25) is 0 Å². The molecule has 0 aromatic rings. The predicted octanol–water partition coefficient (Wildman–Crippen LogP) is 3.81. The highest BCUT2D eigenvalue weighted by Crippen LogP contribution is 2.28. The molecule has 0 aromatic heterocycles.